The molecule has 0 aromatic carbocycles. The van der Waals surface area contributed by atoms with Crippen molar-refractivity contribution in [3.63, 3.8) is 0 Å². The summed E-state index contributed by atoms with van der Waals surface area (Å²) in [6, 6.07) is 0. The lowest BCUT2D eigenvalue weighted by Crippen LogP contribution is -2.45. The topological polar surface area (TPSA) is 32.3 Å². The third-order valence-electron chi connectivity index (χ3n) is 3.63. The Bertz CT molecular complexity index is 161. The quantitative estimate of drug-likeness (QED) is 0.615. The van der Waals surface area contributed by atoms with Gasteiger partial charge in [0.2, 0.25) is 0 Å². The van der Waals surface area contributed by atoms with Gasteiger partial charge in [-0.1, -0.05) is 27.7 Å². The number of aliphatic hydroxyl groups excluding tert-OH is 1. The summed E-state index contributed by atoms with van der Waals surface area (Å²) in [5.74, 6) is 1.95. The molecule has 2 nitrogen and oxygen atoms in total. The number of aliphatic hydroxyl groups is 1. The monoisotopic (exact) mass is 247 g/mol. The predicted octanol–water partition coefficient (Wildman–Crippen LogP) is 2.90. The first-order chi connectivity index (χ1) is 7.51. The second kappa shape index (κ2) is 8.37. The Balaban J connectivity index is 3.79. The number of rotatable bonds is 9. The van der Waals surface area contributed by atoms with Crippen molar-refractivity contribution in [2.75, 3.05) is 19.4 Å². The normalized spacial score (nSPS) is 17.4. The highest BCUT2D eigenvalue weighted by Crippen LogP contribution is 2.23. The fourth-order valence-electron chi connectivity index (χ4n) is 1.62. The molecular formula is C13H29NOS. The van der Waals surface area contributed by atoms with Crippen LogP contribution in [0, 0.1) is 5.92 Å². The molecule has 0 aliphatic heterocycles. The minimum Gasteiger partial charge on any atom is -0.394 e. The number of thioether (sulfide) groups is 1. The van der Waals surface area contributed by atoms with Crippen LogP contribution in [-0.2, 0) is 0 Å². The summed E-state index contributed by atoms with van der Waals surface area (Å²) >= 11 is 2.05. The average Bonchev–Trinajstić information content (AvgIpc) is 2.30. The van der Waals surface area contributed by atoms with Crippen LogP contribution in [-0.4, -0.2) is 35.3 Å². The lowest BCUT2D eigenvalue weighted by Gasteiger charge is -2.30. The number of hydrogen-bond donors (Lipinski definition) is 2. The molecule has 98 valence electrons. The van der Waals surface area contributed by atoms with Crippen LogP contribution in [0.5, 0.6) is 0 Å². The van der Waals surface area contributed by atoms with Crippen LogP contribution in [0.15, 0.2) is 0 Å². The van der Waals surface area contributed by atoms with Crippen molar-refractivity contribution in [2.45, 2.75) is 57.7 Å². The fourth-order valence-corrected chi connectivity index (χ4v) is 2.69. The van der Waals surface area contributed by atoms with Gasteiger partial charge in [0, 0.05) is 10.8 Å². The van der Waals surface area contributed by atoms with Gasteiger partial charge in [0.15, 0.2) is 0 Å². The maximum Gasteiger partial charge on any atom is 0.0613 e. The van der Waals surface area contributed by atoms with E-state index in [4.69, 9.17) is 0 Å². The summed E-state index contributed by atoms with van der Waals surface area (Å²) in [4.78, 5) is 0. The molecule has 2 atom stereocenters. The number of hydrogen-bond acceptors (Lipinski definition) is 3. The van der Waals surface area contributed by atoms with Crippen molar-refractivity contribution >= 4 is 11.8 Å². The van der Waals surface area contributed by atoms with E-state index in [9.17, 15) is 5.11 Å². The van der Waals surface area contributed by atoms with E-state index in [1.807, 2.05) is 18.8 Å². The average molecular weight is 247 g/mol. The maximum absolute atomic E-state index is 9.40. The third kappa shape index (κ3) is 5.55. The van der Waals surface area contributed by atoms with Gasteiger partial charge in [-0.05, 0) is 38.0 Å². The molecule has 2 N–H and O–H groups in total. The molecule has 3 heteroatoms. The minimum atomic E-state index is -0.0539. The largest absolute Gasteiger partial charge is 0.394 e. The molecule has 0 aromatic heterocycles. The van der Waals surface area contributed by atoms with Crippen molar-refractivity contribution in [1.82, 2.24) is 5.32 Å². The molecule has 0 fully saturated rings. The molecule has 0 bridgehead atoms. The Labute approximate surface area is 106 Å². The van der Waals surface area contributed by atoms with Crippen LogP contribution in [0.1, 0.15) is 47.0 Å². The first-order valence-corrected chi connectivity index (χ1v) is 7.47. The highest BCUT2D eigenvalue weighted by Gasteiger charge is 2.24. The Morgan fingerprint density at radius 2 is 1.94 bits per heavy atom. The van der Waals surface area contributed by atoms with Crippen LogP contribution in [0.25, 0.3) is 0 Å². The molecular weight excluding hydrogens is 218 g/mol. The van der Waals surface area contributed by atoms with Crippen molar-refractivity contribution in [1.29, 1.82) is 0 Å². The second-order valence-corrected chi connectivity index (χ2v) is 6.45. The standard InChI is InChI=1S/C13H29NOS/c1-6-13(10-15,14-5)8-7-9-16-12(4)11(2)3/h11-12,14-15H,6-10H2,1-5H3. The Hall–Kier alpha value is 0.270. The lowest BCUT2D eigenvalue weighted by molar-refractivity contribution is 0.154. The molecule has 0 aromatic rings. The van der Waals surface area contributed by atoms with Crippen LogP contribution < -0.4 is 5.32 Å². The predicted molar refractivity (Wildman–Crippen MR) is 75.2 cm³/mol. The number of likely N-dealkylation sites (N-methyl/N-ethyl adjacent to an activating group) is 1. The molecule has 0 radical (unpaired) electrons. The summed E-state index contributed by atoms with van der Waals surface area (Å²) < 4.78 is 0. The van der Waals surface area contributed by atoms with E-state index in [-0.39, 0.29) is 12.1 Å². The van der Waals surface area contributed by atoms with Crippen molar-refractivity contribution in [2.24, 2.45) is 5.92 Å². The van der Waals surface area contributed by atoms with Crippen molar-refractivity contribution < 1.29 is 5.11 Å². The highest BCUT2D eigenvalue weighted by molar-refractivity contribution is 7.99. The van der Waals surface area contributed by atoms with E-state index in [0.29, 0.717) is 0 Å². The van der Waals surface area contributed by atoms with Gasteiger partial charge >= 0.3 is 0 Å². The van der Waals surface area contributed by atoms with Gasteiger partial charge in [-0.25, -0.2) is 0 Å². The Morgan fingerprint density at radius 3 is 2.31 bits per heavy atom. The van der Waals surface area contributed by atoms with E-state index in [1.54, 1.807) is 0 Å². The molecule has 0 heterocycles. The highest BCUT2D eigenvalue weighted by atomic mass is 32.2. The van der Waals surface area contributed by atoms with Gasteiger partial charge in [-0.2, -0.15) is 11.8 Å². The smallest absolute Gasteiger partial charge is 0.0613 e. The zero-order valence-corrected chi connectivity index (χ0v) is 12.4. The van der Waals surface area contributed by atoms with E-state index in [1.165, 1.54) is 12.2 Å². The Kier molecular flexibility index (Phi) is 8.52. The van der Waals surface area contributed by atoms with Gasteiger partial charge in [0.05, 0.1) is 6.61 Å². The van der Waals surface area contributed by atoms with Gasteiger partial charge in [0.25, 0.3) is 0 Å². The van der Waals surface area contributed by atoms with Gasteiger partial charge < -0.3 is 10.4 Å². The molecule has 0 saturated carbocycles. The van der Waals surface area contributed by atoms with Gasteiger partial charge in [-0.15, -0.1) is 0 Å². The minimum absolute atomic E-state index is 0.0539. The van der Waals surface area contributed by atoms with Crippen LogP contribution in [0.2, 0.25) is 0 Å². The maximum atomic E-state index is 9.40. The molecule has 16 heavy (non-hydrogen) atoms. The van der Waals surface area contributed by atoms with E-state index in [2.05, 4.69) is 33.0 Å². The molecule has 0 saturated heterocycles. The summed E-state index contributed by atoms with van der Waals surface area (Å²) in [6.07, 6.45) is 3.23. The van der Waals surface area contributed by atoms with Crippen LogP contribution in [0.4, 0.5) is 0 Å². The van der Waals surface area contributed by atoms with Gasteiger partial charge in [-0.3, -0.25) is 0 Å². The number of nitrogens with one attached hydrogen (secondary N) is 1. The van der Waals surface area contributed by atoms with Crippen LogP contribution >= 0.6 is 11.8 Å². The summed E-state index contributed by atoms with van der Waals surface area (Å²) in [7, 11) is 1.95. The first-order valence-electron chi connectivity index (χ1n) is 6.42. The van der Waals surface area contributed by atoms with E-state index >= 15 is 0 Å². The fraction of sp³-hybridized carbons (Fsp3) is 1.00. The molecule has 0 rings (SSSR count). The summed E-state index contributed by atoms with van der Waals surface area (Å²) in [5.41, 5.74) is -0.0539. The van der Waals surface area contributed by atoms with Crippen LogP contribution in [0.3, 0.4) is 0 Å². The van der Waals surface area contributed by atoms with Gasteiger partial charge in [0.1, 0.15) is 0 Å². The summed E-state index contributed by atoms with van der Waals surface area (Å²) in [5, 5.41) is 13.4. The van der Waals surface area contributed by atoms with E-state index in [0.717, 1.165) is 24.0 Å². The van der Waals surface area contributed by atoms with E-state index < -0.39 is 0 Å². The molecule has 0 aliphatic carbocycles. The zero-order chi connectivity index (χ0) is 12.6. The molecule has 2 unspecified atom stereocenters. The zero-order valence-electron chi connectivity index (χ0n) is 11.5. The SMILES string of the molecule is CCC(CO)(CCCSC(C)C(C)C)NC. The molecule has 0 amide bonds. The molecule has 0 spiro atoms. The first kappa shape index (κ1) is 16.3. The van der Waals surface area contributed by atoms with Crippen molar-refractivity contribution in [3.8, 4) is 0 Å². The molecule has 0 aliphatic rings. The third-order valence-corrected chi connectivity index (χ3v) is 5.22. The second-order valence-electron chi connectivity index (χ2n) is 4.97. The van der Waals surface area contributed by atoms with Crippen molar-refractivity contribution in [3.05, 3.63) is 0 Å². The summed E-state index contributed by atoms with van der Waals surface area (Å²) in [6.45, 7) is 9.22. The lowest BCUT2D eigenvalue weighted by atomic mass is 9.92. The Morgan fingerprint density at radius 1 is 1.31 bits per heavy atom.